The van der Waals surface area contributed by atoms with Gasteiger partial charge in [-0.1, -0.05) is 23.9 Å². The lowest BCUT2D eigenvalue weighted by Crippen LogP contribution is -2.22. The van der Waals surface area contributed by atoms with Crippen LogP contribution < -0.4 is 0 Å². The highest BCUT2D eigenvalue weighted by Gasteiger charge is 2.37. The summed E-state index contributed by atoms with van der Waals surface area (Å²) in [6.07, 6.45) is -0.983. The van der Waals surface area contributed by atoms with E-state index >= 15 is 0 Å². The van der Waals surface area contributed by atoms with Crippen molar-refractivity contribution >= 4 is 23.1 Å². The highest BCUT2D eigenvalue weighted by molar-refractivity contribution is 7.99. The monoisotopic (exact) mass is 329 g/mol. The normalized spacial score (nSPS) is 18.1. The number of Topliss-reactive ketones (excluding diaryl/α,β-unsaturated/α-hetero) is 1. The zero-order chi connectivity index (χ0) is 16.3. The van der Waals surface area contributed by atoms with Gasteiger partial charge in [-0.25, -0.2) is 0 Å². The first-order chi connectivity index (χ1) is 10.4. The fourth-order valence-corrected chi connectivity index (χ4v) is 2.68. The standard InChI is InChI=1S/C15H17F2NO3S/c1-4-20-14-12(19)11(13(21-14)18(2)3)9-6-5-7-10(8-9)22-15(16)17/h5-8,14-15H,4H2,1-3H3. The first-order valence-corrected chi connectivity index (χ1v) is 7.61. The van der Waals surface area contributed by atoms with Gasteiger partial charge in [0.2, 0.25) is 11.7 Å². The molecular formula is C15H17F2NO3S. The van der Waals surface area contributed by atoms with Crippen molar-refractivity contribution in [3.05, 3.63) is 35.7 Å². The number of nitrogens with zero attached hydrogens (tertiary/aromatic N) is 1. The minimum absolute atomic E-state index is 0.301. The smallest absolute Gasteiger partial charge is 0.288 e. The van der Waals surface area contributed by atoms with Crippen molar-refractivity contribution in [3.63, 3.8) is 0 Å². The highest BCUT2D eigenvalue weighted by atomic mass is 32.2. The lowest BCUT2D eigenvalue weighted by molar-refractivity contribution is -0.150. The number of alkyl halides is 2. The Kier molecular flexibility index (Phi) is 5.42. The van der Waals surface area contributed by atoms with Crippen LogP contribution in [0.4, 0.5) is 8.78 Å². The van der Waals surface area contributed by atoms with Crippen molar-refractivity contribution < 1.29 is 23.0 Å². The molecule has 0 amide bonds. The molecule has 0 spiro atoms. The van der Waals surface area contributed by atoms with E-state index in [4.69, 9.17) is 9.47 Å². The molecule has 0 saturated heterocycles. The molecule has 0 saturated carbocycles. The molecule has 1 aromatic rings. The van der Waals surface area contributed by atoms with Gasteiger partial charge in [0, 0.05) is 25.6 Å². The molecule has 22 heavy (non-hydrogen) atoms. The van der Waals surface area contributed by atoms with E-state index in [1.165, 1.54) is 0 Å². The Labute approximate surface area is 132 Å². The van der Waals surface area contributed by atoms with Crippen molar-refractivity contribution in [1.82, 2.24) is 4.90 Å². The minimum Gasteiger partial charge on any atom is -0.441 e. The average Bonchev–Trinajstić information content (AvgIpc) is 2.76. The van der Waals surface area contributed by atoms with Crippen LogP contribution in [0.3, 0.4) is 0 Å². The fraction of sp³-hybridized carbons (Fsp3) is 0.400. The van der Waals surface area contributed by atoms with Crippen LogP contribution in [0.1, 0.15) is 12.5 Å². The van der Waals surface area contributed by atoms with Gasteiger partial charge in [-0.2, -0.15) is 8.78 Å². The first-order valence-electron chi connectivity index (χ1n) is 6.73. The molecule has 0 fully saturated rings. The Morgan fingerprint density at radius 1 is 1.41 bits per heavy atom. The zero-order valence-electron chi connectivity index (χ0n) is 12.5. The van der Waals surface area contributed by atoms with Gasteiger partial charge < -0.3 is 14.4 Å². The van der Waals surface area contributed by atoms with Gasteiger partial charge >= 0.3 is 0 Å². The summed E-state index contributed by atoms with van der Waals surface area (Å²) in [6, 6.07) is 6.48. The van der Waals surface area contributed by atoms with E-state index in [-0.39, 0.29) is 5.78 Å². The number of carbonyl (C=O) groups is 1. The van der Waals surface area contributed by atoms with E-state index in [1.54, 1.807) is 50.2 Å². The number of ether oxygens (including phenoxy) is 2. The van der Waals surface area contributed by atoms with Gasteiger partial charge in [-0.05, 0) is 24.6 Å². The van der Waals surface area contributed by atoms with Crippen LogP contribution in [-0.4, -0.2) is 43.4 Å². The van der Waals surface area contributed by atoms with Gasteiger partial charge in [0.15, 0.2) is 0 Å². The number of rotatable bonds is 6. The maximum Gasteiger partial charge on any atom is 0.288 e. The molecule has 2 rings (SSSR count). The molecule has 0 aromatic heterocycles. The summed E-state index contributed by atoms with van der Waals surface area (Å²) in [5.74, 6) is -2.43. The summed E-state index contributed by atoms with van der Waals surface area (Å²) < 4.78 is 35.8. The van der Waals surface area contributed by atoms with Crippen LogP contribution in [-0.2, 0) is 14.3 Å². The number of hydrogen-bond acceptors (Lipinski definition) is 5. The molecule has 7 heteroatoms. The summed E-state index contributed by atoms with van der Waals surface area (Å²) in [7, 11) is 3.49. The number of thioether (sulfide) groups is 1. The molecule has 1 aromatic carbocycles. The summed E-state index contributed by atoms with van der Waals surface area (Å²) >= 11 is 0.440. The maximum absolute atomic E-state index is 12.5. The summed E-state index contributed by atoms with van der Waals surface area (Å²) in [6.45, 7) is 2.11. The largest absolute Gasteiger partial charge is 0.441 e. The molecule has 4 nitrogen and oxygen atoms in total. The average molecular weight is 329 g/mol. The van der Waals surface area contributed by atoms with Crippen molar-refractivity contribution in [1.29, 1.82) is 0 Å². The van der Waals surface area contributed by atoms with Crippen LogP contribution in [0.25, 0.3) is 5.57 Å². The second kappa shape index (κ2) is 7.11. The molecule has 0 aliphatic carbocycles. The predicted molar refractivity (Wildman–Crippen MR) is 80.4 cm³/mol. The van der Waals surface area contributed by atoms with Crippen LogP contribution in [0, 0.1) is 0 Å². The summed E-state index contributed by atoms with van der Waals surface area (Å²) in [5, 5.41) is 0. The lowest BCUT2D eigenvalue weighted by Gasteiger charge is -2.16. The van der Waals surface area contributed by atoms with Crippen LogP contribution in [0.15, 0.2) is 35.0 Å². The maximum atomic E-state index is 12.5. The Morgan fingerprint density at radius 2 is 2.14 bits per heavy atom. The van der Waals surface area contributed by atoms with Gasteiger partial charge in [0.05, 0.1) is 5.57 Å². The fourth-order valence-electron chi connectivity index (χ4n) is 2.12. The Morgan fingerprint density at radius 3 is 2.73 bits per heavy atom. The third kappa shape index (κ3) is 3.59. The second-order valence-corrected chi connectivity index (χ2v) is 5.81. The SMILES string of the molecule is CCOC1OC(N(C)C)=C(c2cccc(SC(F)F)c2)C1=O. The number of hydrogen-bond donors (Lipinski definition) is 0. The third-order valence-electron chi connectivity index (χ3n) is 2.97. The molecule has 0 radical (unpaired) electrons. The molecule has 120 valence electrons. The number of ketones is 1. The van der Waals surface area contributed by atoms with E-state index < -0.39 is 12.0 Å². The van der Waals surface area contributed by atoms with E-state index in [9.17, 15) is 13.6 Å². The van der Waals surface area contributed by atoms with Crippen LogP contribution in [0.5, 0.6) is 0 Å². The molecule has 1 heterocycles. The lowest BCUT2D eigenvalue weighted by atomic mass is 10.0. The topological polar surface area (TPSA) is 38.8 Å². The van der Waals surface area contributed by atoms with Crippen LogP contribution >= 0.6 is 11.8 Å². The molecule has 0 bridgehead atoms. The zero-order valence-corrected chi connectivity index (χ0v) is 13.3. The predicted octanol–water partition coefficient (Wildman–Crippen LogP) is 3.19. The van der Waals surface area contributed by atoms with Crippen molar-refractivity contribution in [2.75, 3.05) is 20.7 Å². The molecule has 1 unspecified atom stereocenters. The molecule has 0 N–H and O–H groups in total. The first kappa shape index (κ1) is 16.8. The number of halogens is 2. The number of carbonyl (C=O) groups excluding carboxylic acids is 1. The summed E-state index contributed by atoms with van der Waals surface area (Å²) in [5.41, 5.74) is 0.890. The minimum atomic E-state index is -2.51. The molecule has 1 atom stereocenters. The quantitative estimate of drug-likeness (QED) is 0.750. The third-order valence-corrected chi connectivity index (χ3v) is 3.67. The Balaban J connectivity index is 2.39. The second-order valence-electron chi connectivity index (χ2n) is 4.75. The van der Waals surface area contributed by atoms with Gasteiger partial charge in [-0.15, -0.1) is 0 Å². The molecule has 1 aliphatic heterocycles. The highest BCUT2D eigenvalue weighted by Crippen LogP contribution is 2.34. The molecular weight excluding hydrogens is 312 g/mol. The van der Waals surface area contributed by atoms with Crippen molar-refractivity contribution in [2.45, 2.75) is 23.9 Å². The summed E-state index contributed by atoms with van der Waals surface area (Å²) in [4.78, 5) is 14.5. The number of benzene rings is 1. The van der Waals surface area contributed by atoms with Gasteiger partial charge in [-0.3, -0.25) is 4.79 Å². The van der Waals surface area contributed by atoms with E-state index in [0.29, 0.717) is 40.3 Å². The van der Waals surface area contributed by atoms with Crippen molar-refractivity contribution in [3.8, 4) is 0 Å². The Bertz CT molecular complexity index is 590. The van der Waals surface area contributed by atoms with E-state index in [2.05, 4.69) is 0 Å². The van der Waals surface area contributed by atoms with Gasteiger partial charge in [0.25, 0.3) is 12.0 Å². The van der Waals surface area contributed by atoms with Crippen molar-refractivity contribution in [2.24, 2.45) is 0 Å². The van der Waals surface area contributed by atoms with E-state index in [1.807, 2.05) is 0 Å². The van der Waals surface area contributed by atoms with E-state index in [0.717, 1.165) is 0 Å². The Hall–Kier alpha value is -1.60. The van der Waals surface area contributed by atoms with Crippen LogP contribution in [0.2, 0.25) is 0 Å². The molecule has 1 aliphatic rings. The van der Waals surface area contributed by atoms with Gasteiger partial charge in [0.1, 0.15) is 0 Å².